The summed E-state index contributed by atoms with van der Waals surface area (Å²) in [7, 11) is 0. The number of piperazine rings is 1. The quantitative estimate of drug-likeness (QED) is 0.797. The van der Waals surface area contributed by atoms with Gasteiger partial charge in [-0.2, -0.15) is 0 Å². The summed E-state index contributed by atoms with van der Waals surface area (Å²) in [5.41, 5.74) is 1.14. The maximum atomic E-state index is 13.9. The Hall–Kier alpha value is -1.33. The van der Waals surface area contributed by atoms with E-state index in [1.165, 1.54) is 6.07 Å². The fraction of sp³-hybridized carbons (Fsp3) is 0.267. The molecule has 3 rings (SSSR count). The van der Waals surface area contributed by atoms with Gasteiger partial charge in [0, 0.05) is 47.6 Å². The zero-order chi connectivity index (χ0) is 14.8. The minimum Gasteiger partial charge on any atom is -0.368 e. The highest BCUT2D eigenvalue weighted by Crippen LogP contribution is 2.24. The molecule has 1 aromatic carbocycles. The average Bonchev–Trinajstić information content (AvgIpc) is 2.48. The monoisotopic (exact) mass is 369 g/mol. The minimum atomic E-state index is -0.288. The van der Waals surface area contributed by atoms with Gasteiger partial charge in [-0.25, -0.2) is 9.37 Å². The van der Waals surface area contributed by atoms with Crippen LogP contribution >= 0.6 is 27.5 Å². The normalized spacial score (nSPS) is 15.4. The molecule has 2 aromatic rings. The van der Waals surface area contributed by atoms with Crippen molar-refractivity contribution < 1.29 is 4.39 Å². The number of anilines is 2. The van der Waals surface area contributed by atoms with Gasteiger partial charge in [0.1, 0.15) is 0 Å². The Morgan fingerprint density at radius 3 is 2.29 bits per heavy atom. The number of nitrogens with zero attached hydrogens (tertiary/aromatic N) is 3. The van der Waals surface area contributed by atoms with Crippen molar-refractivity contribution >= 4 is 39.0 Å². The molecule has 1 aromatic heterocycles. The van der Waals surface area contributed by atoms with Crippen molar-refractivity contribution in [1.29, 1.82) is 0 Å². The van der Waals surface area contributed by atoms with Gasteiger partial charge in [-0.3, -0.25) is 0 Å². The number of hydrogen-bond donors (Lipinski definition) is 0. The number of aromatic nitrogens is 1. The molecule has 1 fully saturated rings. The summed E-state index contributed by atoms with van der Waals surface area (Å²) in [6, 6.07) is 9.25. The Kier molecular flexibility index (Phi) is 4.31. The Balaban J connectivity index is 1.68. The van der Waals surface area contributed by atoms with Crippen LogP contribution in [0.2, 0.25) is 5.02 Å². The van der Waals surface area contributed by atoms with Gasteiger partial charge in [-0.1, -0.05) is 11.6 Å². The van der Waals surface area contributed by atoms with Crippen LogP contribution in [0.5, 0.6) is 0 Å². The first-order valence-corrected chi connectivity index (χ1v) is 7.87. The Morgan fingerprint density at radius 1 is 1.05 bits per heavy atom. The predicted octanol–water partition coefficient (Wildman–Crippen LogP) is 3.96. The van der Waals surface area contributed by atoms with Crippen LogP contribution in [-0.4, -0.2) is 31.2 Å². The number of hydrogen-bond acceptors (Lipinski definition) is 3. The molecular formula is C15H14BrClFN3. The third kappa shape index (κ3) is 3.30. The summed E-state index contributed by atoms with van der Waals surface area (Å²) < 4.78 is 14.6. The molecule has 6 heteroatoms. The number of halogens is 3. The highest BCUT2D eigenvalue weighted by atomic mass is 79.9. The Labute approximate surface area is 136 Å². The molecule has 2 heterocycles. The van der Waals surface area contributed by atoms with Crippen LogP contribution in [0.25, 0.3) is 0 Å². The lowest BCUT2D eigenvalue weighted by Gasteiger charge is -2.36. The van der Waals surface area contributed by atoms with E-state index in [0.29, 0.717) is 10.3 Å². The summed E-state index contributed by atoms with van der Waals surface area (Å²) in [6.45, 7) is 3.15. The lowest BCUT2D eigenvalue weighted by Crippen LogP contribution is -2.47. The second-order valence-corrected chi connectivity index (χ2v) is 6.26. The standard InChI is InChI=1S/C15H14BrClFN3/c16-11-9-14(18)15(19-10-11)21-7-5-20(6-8-21)13-3-1-12(17)2-4-13/h1-4,9-10H,5-8H2. The zero-order valence-electron chi connectivity index (χ0n) is 11.3. The number of pyridine rings is 1. The van der Waals surface area contributed by atoms with Crippen LogP contribution in [-0.2, 0) is 0 Å². The molecule has 21 heavy (non-hydrogen) atoms. The molecule has 0 radical (unpaired) electrons. The van der Waals surface area contributed by atoms with Crippen LogP contribution in [0, 0.1) is 5.82 Å². The van der Waals surface area contributed by atoms with Gasteiger partial charge >= 0.3 is 0 Å². The maximum Gasteiger partial charge on any atom is 0.166 e. The van der Waals surface area contributed by atoms with Gasteiger partial charge in [0.15, 0.2) is 11.6 Å². The topological polar surface area (TPSA) is 19.4 Å². The second kappa shape index (κ2) is 6.20. The summed E-state index contributed by atoms with van der Waals surface area (Å²) in [4.78, 5) is 8.43. The summed E-state index contributed by atoms with van der Waals surface area (Å²) in [6.07, 6.45) is 1.63. The lowest BCUT2D eigenvalue weighted by atomic mass is 10.2. The SMILES string of the molecule is Fc1cc(Br)cnc1N1CCN(c2ccc(Cl)cc2)CC1. The van der Waals surface area contributed by atoms with E-state index >= 15 is 0 Å². The van der Waals surface area contributed by atoms with E-state index in [1.54, 1.807) is 6.20 Å². The van der Waals surface area contributed by atoms with Crippen LogP contribution < -0.4 is 9.80 Å². The Morgan fingerprint density at radius 2 is 1.67 bits per heavy atom. The number of rotatable bonds is 2. The first-order valence-electron chi connectivity index (χ1n) is 6.70. The first kappa shape index (κ1) is 14.6. The molecule has 0 aliphatic carbocycles. The molecule has 0 unspecified atom stereocenters. The van der Waals surface area contributed by atoms with E-state index < -0.39 is 0 Å². The van der Waals surface area contributed by atoms with E-state index in [9.17, 15) is 4.39 Å². The van der Waals surface area contributed by atoms with Crippen molar-refractivity contribution in [2.45, 2.75) is 0 Å². The third-order valence-electron chi connectivity index (χ3n) is 3.56. The molecule has 0 bridgehead atoms. The fourth-order valence-electron chi connectivity index (χ4n) is 2.47. The van der Waals surface area contributed by atoms with Crippen LogP contribution in [0.1, 0.15) is 0 Å². The molecule has 110 valence electrons. The lowest BCUT2D eigenvalue weighted by molar-refractivity contribution is 0.588. The van der Waals surface area contributed by atoms with Gasteiger partial charge in [0.25, 0.3) is 0 Å². The molecule has 0 spiro atoms. The summed E-state index contributed by atoms with van der Waals surface area (Å²) in [5.74, 6) is 0.137. The van der Waals surface area contributed by atoms with Gasteiger partial charge in [-0.05, 0) is 46.3 Å². The second-order valence-electron chi connectivity index (χ2n) is 4.91. The predicted molar refractivity (Wildman–Crippen MR) is 87.8 cm³/mol. The smallest absolute Gasteiger partial charge is 0.166 e. The summed E-state index contributed by atoms with van der Waals surface area (Å²) >= 11 is 9.13. The van der Waals surface area contributed by atoms with E-state index in [4.69, 9.17) is 11.6 Å². The molecule has 1 aliphatic heterocycles. The molecule has 3 nitrogen and oxygen atoms in total. The third-order valence-corrected chi connectivity index (χ3v) is 4.25. The first-order chi connectivity index (χ1) is 10.1. The van der Waals surface area contributed by atoms with Gasteiger partial charge < -0.3 is 9.80 Å². The van der Waals surface area contributed by atoms with Crippen LogP contribution in [0.3, 0.4) is 0 Å². The molecular weight excluding hydrogens is 357 g/mol. The van der Waals surface area contributed by atoms with E-state index in [0.717, 1.165) is 36.9 Å². The van der Waals surface area contributed by atoms with Crippen molar-refractivity contribution in [3.05, 3.63) is 51.8 Å². The molecule has 0 saturated carbocycles. The molecule has 1 saturated heterocycles. The zero-order valence-corrected chi connectivity index (χ0v) is 13.6. The Bertz CT molecular complexity index is 627. The highest BCUT2D eigenvalue weighted by molar-refractivity contribution is 9.10. The summed E-state index contributed by atoms with van der Waals surface area (Å²) in [5, 5.41) is 0.735. The average molecular weight is 371 g/mol. The van der Waals surface area contributed by atoms with Crippen LogP contribution in [0.15, 0.2) is 41.0 Å². The van der Waals surface area contributed by atoms with E-state index in [-0.39, 0.29) is 5.82 Å². The van der Waals surface area contributed by atoms with Crippen molar-refractivity contribution in [1.82, 2.24) is 4.98 Å². The van der Waals surface area contributed by atoms with Crippen molar-refractivity contribution in [2.75, 3.05) is 36.0 Å². The largest absolute Gasteiger partial charge is 0.368 e. The van der Waals surface area contributed by atoms with Crippen molar-refractivity contribution in [3.63, 3.8) is 0 Å². The van der Waals surface area contributed by atoms with Crippen molar-refractivity contribution in [2.24, 2.45) is 0 Å². The van der Waals surface area contributed by atoms with E-state index in [1.807, 2.05) is 29.2 Å². The minimum absolute atomic E-state index is 0.288. The molecule has 0 N–H and O–H groups in total. The van der Waals surface area contributed by atoms with Crippen molar-refractivity contribution in [3.8, 4) is 0 Å². The van der Waals surface area contributed by atoms with Crippen LogP contribution in [0.4, 0.5) is 15.9 Å². The van der Waals surface area contributed by atoms with E-state index in [2.05, 4.69) is 25.8 Å². The van der Waals surface area contributed by atoms with Gasteiger partial charge in [-0.15, -0.1) is 0 Å². The highest BCUT2D eigenvalue weighted by Gasteiger charge is 2.20. The molecule has 0 atom stereocenters. The van der Waals surface area contributed by atoms with Gasteiger partial charge in [0.05, 0.1) is 0 Å². The molecule has 1 aliphatic rings. The maximum absolute atomic E-state index is 13.9. The molecule has 0 amide bonds. The number of benzene rings is 1. The fourth-order valence-corrected chi connectivity index (χ4v) is 2.90. The van der Waals surface area contributed by atoms with Gasteiger partial charge in [0.2, 0.25) is 0 Å².